The quantitative estimate of drug-likeness (QED) is 0.718. The van der Waals surface area contributed by atoms with Crippen molar-refractivity contribution >= 4 is 12.4 Å². The highest BCUT2D eigenvalue weighted by Gasteiger charge is 2.34. The first kappa shape index (κ1) is 10.4. The Morgan fingerprint density at radius 3 is 2.62 bits per heavy atom. The van der Waals surface area contributed by atoms with Crippen molar-refractivity contribution in [2.24, 2.45) is 5.73 Å². The summed E-state index contributed by atoms with van der Waals surface area (Å²) < 4.78 is 5.21. The van der Waals surface area contributed by atoms with E-state index in [9.17, 15) is 0 Å². The Morgan fingerprint density at radius 2 is 2.08 bits per heavy atom. The molecule has 2 heterocycles. The largest absolute Gasteiger partial charge is 0.379 e. The molecule has 13 heavy (non-hydrogen) atoms. The fraction of sp³-hybridized carbons (Fsp3) is 0.500. The number of hydrogen-bond donors (Lipinski definition) is 1. The lowest BCUT2D eigenvalue weighted by Crippen LogP contribution is -2.38. The molecule has 1 atom stereocenters. The molecular weight excluding hydrogens is 190 g/mol. The van der Waals surface area contributed by atoms with Gasteiger partial charge in [-0.05, 0) is 12.5 Å². The highest BCUT2D eigenvalue weighted by Crippen LogP contribution is 2.23. The molecule has 0 amide bonds. The van der Waals surface area contributed by atoms with E-state index in [1.165, 1.54) is 0 Å². The van der Waals surface area contributed by atoms with Gasteiger partial charge in [0.1, 0.15) is 11.4 Å². The van der Waals surface area contributed by atoms with Crippen LogP contribution in [0.3, 0.4) is 0 Å². The second kappa shape index (κ2) is 4.00. The molecule has 4 nitrogen and oxygen atoms in total. The molecule has 0 spiro atoms. The van der Waals surface area contributed by atoms with Crippen molar-refractivity contribution in [1.29, 1.82) is 0 Å². The van der Waals surface area contributed by atoms with Crippen LogP contribution >= 0.6 is 12.4 Å². The second-order valence-corrected chi connectivity index (χ2v) is 3.03. The van der Waals surface area contributed by atoms with E-state index in [-0.39, 0.29) is 12.4 Å². The zero-order valence-corrected chi connectivity index (χ0v) is 7.96. The molecule has 2 N–H and O–H groups in total. The third kappa shape index (κ3) is 1.96. The van der Waals surface area contributed by atoms with Crippen molar-refractivity contribution in [3.05, 3.63) is 24.3 Å². The molecule has 0 radical (unpaired) electrons. The smallest absolute Gasteiger partial charge is 0.150 e. The number of nitrogens with zero attached hydrogens (tertiary/aromatic N) is 2. The van der Waals surface area contributed by atoms with Crippen molar-refractivity contribution in [2.75, 3.05) is 13.2 Å². The maximum absolute atomic E-state index is 6.03. The van der Waals surface area contributed by atoms with Gasteiger partial charge >= 0.3 is 0 Å². The van der Waals surface area contributed by atoms with E-state index in [0.717, 1.165) is 6.42 Å². The van der Waals surface area contributed by atoms with Crippen LogP contribution in [0.15, 0.2) is 18.5 Å². The lowest BCUT2D eigenvalue weighted by Gasteiger charge is -2.18. The standard InChI is InChI=1S/C8H11N3O.ClH/c9-8(2-5-12-6-8)7-10-3-1-4-11-7;/h1,3-4H,2,5-6,9H2;1H. The summed E-state index contributed by atoms with van der Waals surface area (Å²) in [6.45, 7) is 1.23. The normalized spacial score (nSPS) is 26.8. The molecular formula is C8H12ClN3O. The van der Waals surface area contributed by atoms with E-state index in [1.54, 1.807) is 18.5 Å². The SMILES string of the molecule is Cl.NC1(c2ncccn2)CCOC1. The Bertz CT molecular complexity index is 261. The molecule has 0 aliphatic carbocycles. The average molecular weight is 202 g/mol. The van der Waals surface area contributed by atoms with Crippen molar-refractivity contribution in [2.45, 2.75) is 12.0 Å². The Hall–Kier alpha value is -0.710. The van der Waals surface area contributed by atoms with E-state index < -0.39 is 5.54 Å². The van der Waals surface area contributed by atoms with E-state index in [0.29, 0.717) is 19.0 Å². The van der Waals surface area contributed by atoms with Crippen LogP contribution in [0.1, 0.15) is 12.2 Å². The summed E-state index contributed by atoms with van der Waals surface area (Å²) in [6, 6.07) is 1.78. The minimum atomic E-state index is -0.457. The van der Waals surface area contributed by atoms with Gasteiger partial charge in [0.25, 0.3) is 0 Å². The lowest BCUT2D eigenvalue weighted by molar-refractivity contribution is 0.176. The molecule has 1 saturated heterocycles. The summed E-state index contributed by atoms with van der Waals surface area (Å²) in [7, 11) is 0. The van der Waals surface area contributed by atoms with Crippen LogP contribution in [-0.4, -0.2) is 23.2 Å². The third-order valence-electron chi connectivity index (χ3n) is 2.06. The van der Waals surface area contributed by atoms with Gasteiger partial charge in [0.05, 0.1) is 6.61 Å². The van der Waals surface area contributed by atoms with Gasteiger partial charge < -0.3 is 10.5 Å². The van der Waals surface area contributed by atoms with Gasteiger partial charge in [0.15, 0.2) is 0 Å². The van der Waals surface area contributed by atoms with Crippen LogP contribution in [0.25, 0.3) is 0 Å². The summed E-state index contributed by atoms with van der Waals surface area (Å²) in [5, 5.41) is 0. The first-order valence-electron chi connectivity index (χ1n) is 3.95. The summed E-state index contributed by atoms with van der Waals surface area (Å²) in [6.07, 6.45) is 4.21. The number of halogens is 1. The molecule has 1 aliphatic heterocycles. The molecule has 0 aromatic carbocycles. The summed E-state index contributed by atoms with van der Waals surface area (Å²) in [5.41, 5.74) is 5.57. The van der Waals surface area contributed by atoms with E-state index in [1.807, 2.05) is 0 Å². The monoisotopic (exact) mass is 201 g/mol. The molecule has 72 valence electrons. The topological polar surface area (TPSA) is 61.0 Å². The third-order valence-corrected chi connectivity index (χ3v) is 2.06. The summed E-state index contributed by atoms with van der Waals surface area (Å²) in [5.74, 6) is 0.683. The lowest BCUT2D eigenvalue weighted by atomic mass is 9.99. The fourth-order valence-electron chi connectivity index (χ4n) is 1.31. The molecule has 0 bridgehead atoms. The summed E-state index contributed by atoms with van der Waals surface area (Å²) in [4.78, 5) is 8.23. The molecule has 5 heteroatoms. The van der Waals surface area contributed by atoms with Crippen LogP contribution in [-0.2, 0) is 10.3 Å². The average Bonchev–Trinajstić information content (AvgIpc) is 2.55. The molecule has 1 fully saturated rings. The molecule has 1 aromatic rings. The molecule has 0 saturated carbocycles. The van der Waals surface area contributed by atoms with Gasteiger partial charge in [-0.25, -0.2) is 9.97 Å². The van der Waals surface area contributed by atoms with E-state index >= 15 is 0 Å². The molecule has 1 unspecified atom stereocenters. The maximum atomic E-state index is 6.03. The van der Waals surface area contributed by atoms with Crippen molar-refractivity contribution in [3.8, 4) is 0 Å². The van der Waals surface area contributed by atoms with Gasteiger partial charge in [-0.1, -0.05) is 0 Å². The van der Waals surface area contributed by atoms with Crippen LogP contribution < -0.4 is 5.73 Å². The number of hydrogen-bond acceptors (Lipinski definition) is 4. The van der Waals surface area contributed by atoms with Gasteiger partial charge in [-0.3, -0.25) is 0 Å². The molecule has 1 aliphatic rings. The predicted octanol–water partition coefficient (Wildman–Crippen LogP) is 0.473. The van der Waals surface area contributed by atoms with Gasteiger partial charge in [0, 0.05) is 19.0 Å². The van der Waals surface area contributed by atoms with Crippen LogP contribution in [0, 0.1) is 0 Å². The highest BCUT2D eigenvalue weighted by atomic mass is 35.5. The predicted molar refractivity (Wildman–Crippen MR) is 50.6 cm³/mol. The van der Waals surface area contributed by atoms with E-state index in [4.69, 9.17) is 10.5 Å². The number of ether oxygens (including phenoxy) is 1. The van der Waals surface area contributed by atoms with Crippen LogP contribution in [0.5, 0.6) is 0 Å². The zero-order chi connectivity index (χ0) is 8.44. The minimum absolute atomic E-state index is 0. The van der Waals surface area contributed by atoms with Crippen molar-refractivity contribution in [3.63, 3.8) is 0 Å². The first-order chi connectivity index (χ1) is 5.81. The minimum Gasteiger partial charge on any atom is -0.379 e. The maximum Gasteiger partial charge on any atom is 0.150 e. The van der Waals surface area contributed by atoms with Crippen molar-refractivity contribution in [1.82, 2.24) is 9.97 Å². The molecule has 1 aromatic heterocycles. The Kier molecular flexibility index (Phi) is 3.19. The first-order valence-corrected chi connectivity index (χ1v) is 3.95. The second-order valence-electron chi connectivity index (χ2n) is 3.03. The number of aromatic nitrogens is 2. The van der Waals surface area contributed by atoms with Gasteiger partial charge in [-0.15, -0.1) is 12.4 Å². The molecule has 2 rings (SSSR count). The van der Waals surface area contributed by atoms with Gasteiger partial charge in [-0.2, -0.15) is 0 Å². The van der Waals surface area contributed by atoms with Gasteiger partial charge in [0.2, 0.25) is 0 Å². The van der Waals surface area contributed by atoms with Crippen LogP contribution in [0.2, 0.25) is 0 Å². The Morgan fingerprint density at radius 1 is 1.38 bits per heavy atom. The number of rotatable bonds is 1. The zero-order valence-electron chi connectivity index (χ0n) is 7.14. The van der Waals surface area contributed by atoms with E-state index in [2.05, 4.69) is 9.97 Å². The van der Waals surface area contributed by atoms with Crippen molar-refractivity contribution < 1.29 is 4.74 Å². The Balaban J connectivity index is 0.000000845. The Labute approximate surface area is 82.9 Å². The van der Waals surface area contributed by atoms with Crippen LogP contribution in [0.4, 0.5) is 0 Å². The fourth-order valence-corrected chi connectivity index (χ4v) is 1.31. The number of nitrogens with two attached hydrogens (primary N) is 1. The highest BCUT2D eigenvalue weighted by molar-refractivity contribution is 5.85. The summed E-state index contributed by atoms with van der Waals surface area (Å²) >= 11 is 0.